The number of hydrogen-bond acceptors (Lipinski definition) is 4. The molecular formula is C14H17N3O3. The summed E-state index contributed by atoms with van der Waals surface area (Å²) in [6.45, 7) is 2.63. The lowest BCUT2D eigenvalue weighted by Crippen LogP contribution is -2.34. The Labute approximate surface area is 116 Å². The summed E-state index contributed by atoms with van der Waals surface area (Å²) in [5.74, 6) is 0.00901. The molecule has 0 atom stereocenters. The standard InChI is InChI=1S/C14H17N3O3/c18-14(19)13-2-1-7-17(13)11-4-8-16(9-5-11)10-12-3-6-15-20-12/h1-3,6-7,11H,4-5,8-10H2,(H,18,19). The smallest absolute Gasteiger partial charge is 0.352 e. The number of rotatable bonds is 4. The van der Waals surface area contributed by atoms with E-state index >= 15 is 0 Å². The third kappa shape index (κ3) is 2.60. The van der Waals surface area contributed by atoms with Gasteiger partial charge in [0.25, 0.3) is 0 Å². The minimum atomic E-state index is -0.862. The van der Waals surface area contributed by atoms with Gasteiger partial charge >= 0.3 is 5.97 Å². The quantitative estimate of drug-likeness (QED) is 0.924. The number of piperidine rings is 1. The van der Waals surface area contributed by atoms with Crippen LogP contribution in [-0.4, -0.2) is 38.8 Å². The fourth-order valence-electron chi connectivity index (χ4n) is 2.79. The highest BCUT2D eigenvalue weighted by Crippen LogP contribution is 2.25. The van der Waals surface area contributed by atoms with Crippen molar-refractivity contribution in [1.29, 1.82) is 0 Å². The minimum Gasteiger partial charge on any atom is -0.477 e. The van der Waals surface area contributed by atoms with Gasteiger partial charge in [-0.05, 0) is 25.0 Å². The molecular weight excluding hydrogens is 258 g/mol. The maximum Gasteiger partial charge on any atom is 0.352 e. The molecule has 3 rings (SSSR count). The van der Waals surface area contributed by atoms with Crippen LogP contribution in [0.4, 0.5) is 0 Å². The second kappa shape index (κ2) is 5.50. The van der Waals surface area contributed by atoms with Crippen molar-refractivity contribution in [3.05, 3.63) is 42.0 Å². The summed E-state index contributed by atoms with van der Waals surface area (Å²) in [5.41, 5.74) is 0.374. The molecule has 0 bridgehead atoms. The van der Waals surface area contributed by atoms with Crippen molar-refractivity contribution in [3.63, 3.8) is 0 Å². The first-order chi connectivity index (χ1) is 9.74. The normalized spacial score (nSPS) is 17.4. The zero-order valence-corrected chi connectivity index (χ0v) is 11.1. The van der Waals surface area contributed by atoms with Gasteiger partial charge in [-0.2, -0.15) is 0 Å². The number of hydrogen-bond donors (Lipinski definition) is 1. The molecule has 3 heterocycles. The molecule has 2 aromatic rings. The van der Waals surface area contributed by atoms with E-state index in [1.165, 1.54) is 0 Å². The van der Waals surface area contributed by atoms with Crippen LogP contribution in [0.25, 0.3) is 0 Å². The zero-order valence-electron chi connectivity index (χ0n) is 11.1. The number of carboxylic acids is 1. The highest BCUT2D eigenvalue weighted by molar-refractivity contribution is 5.85. The monoisotopic (exact) mass is 275 g/mol. The predicted molar refractivity (Wildman–Crippen MR) is 71.4 cm³/mol. The van der Waals surface area contributed by atoms with Crippen LogP contribution in [0.1, 0.15) is 35.1 Å². The van der Waals surface area contributed by atoms with E-state index in [2.05, 4.69) is 10.1 Å². The van der Waals surface area contributed by atoms with Crippen molar-refractivity contribution in [2.45, 2.75) is 25.4 Å². The van der Waals surface area contributed by atoms with Crippen molar-refractivity contribution in [2.75, 3.05) is 13.1 Å². The molecule has 0 saturated carbocycles. The Hall–Kier alpha value is -2.08. The lowest BCUT2D eigenvalue weighted by molar-refractivity contribution is 0.0677. The predicted octanol–water partition coefficient (Wildman–Crippen LogP) is 2.01. The second-order valence-corrected chi connectivity index (χ2v) is 5.09. The summed E-state index contributed by atoms with van der Waals surface area (Å²) >= 11 is 0. The van der Waals surface area contributed by atoms with Crippen LogP contribution in [0, 0.1) is 0 Å². The number of likely N-dealkylation sites (tertiary alicyclic amines) is 1. The van der Waals surface area contributed by atoms with Gasteiger partial charge in [-0.15, -0.1) is 0 Å². The van der Waals surface area contributed by atoms with E-state index in [0.29, 0.717) is 5.69 Å². The van der Waals surface area contributed by atoms with Crippen molar-refractivity contribution in [2.24, 2.45) is 0 Å². The number of aromatic carboxylic acids is 1. The van der Waals surface area contributed by atoms with Crippen LogP contribution >= 0.6 is 0 Å². The van der Waals surface area contributed by atoms with E-state index in [4.69, 9.17) is 9.63 Å². The molecule has 1 aliphatic rings. The Morgan fingerprint density at radius 1 is 1.40 bits per heavy atom. The van der Waals surface area contributed by atoms with Crippen LogP contribution in [0.2, 0.25) is 0 Å². The Bertz CT molecular complexity index is 568. The SMILES string of the molecule is O=C(O)c1cccn1C1CCN(Cc2ccno2)CC1. The summed E-state index contributed by atoms with van der Waals surface area (Å²) < 4.78 is 6.99. The van der Waals surface area contributed by atoms with E-state index in [1.807, 2.05) is 16.8 Å². The van der Waals surface area contributed by atoms with E-state index in [0.717, 1.165) is 38.2 Å². The molecule has 1 N–H and O–H groups in total. The molecule has 0 amide bonds. The fraction of sp³-hybridized carbons (Fsp3) is 0.429. The molecule has 0 spiro atoms. The van der Waals surface area contributed by atoms with Crippen LogP contribution < -0.4 is 0 Å². The molecule has 6 heteroatoms. The Balaban J connectivity index is 1.61. The largest absolute Gasteiger partial charge is 0.477 e. The average Bonchev–Trinajstić information content (AvgIpc) is 3.10. The second-order valence-electron chi connectivity index (χ2n) is 5.09. The summed E-state index contributed by atoms with van der Waals surface area (Å²) in [4.78, 5) is 13.5. The van der Waals surface area contributed by atoms with Crippen molar-refractivity contribution < 1.29 is 14.4 Å². The Morgan fingerprint density at radius 2 is 2.20 bits per heavy atom. The number of carbonyl (C=O) groups is 1. The van der Waals surface area contributed by atoms with Crippen LogP contribution in [-0.2, 0) is 6.54 Å². The molecule has 0 aromatic carbocycles. The highest BCUT2D eigenvalue weighted by Gasteiger charge is 2.23. The van der Waals surface area contributed by atoms with E-state index in [9.17, 15) is 4.79 Å². The van der Waals surface area contributed by atoms with Crippen molar-refractivity contribution in [3.8, 4) is 0 Å². The van der Waals surface area contributed by atoms with Crippen LogP contribution in [0.3, 0.4) is 0 Å². The first-order valence-electron chi connectivity index (χ1n) is 6.76. The van der Waals surface area contributed by atoms with Gasteiger partial charge in [0.2, 0.25) is 0 Å². The molecule has 0 aliphatic carbocycles. The van der Waals surface area contributed by atoms with Gasteiger partial charge in [0, 0.05) is 31.4 Å². The number of carboxylic acid groups (broad SMARTS) is 1. The number of aromatic nitrogens is 2. The molecule has 106 valence electrons. The first kappa shape index (κ1) is 12.9. The van der Waals surface area contributed by atoms with Gasteiger partial charge in [-0.25, -0.2) is 4.79 Å². The zero-order chi connectivity index (χ0) is 13.9. The summed E-state index contributed by atoms with van der Waals surface area (Å²) in [5, 5.41) is 12.9. The third-order valence-corrected chi connectivity index (χ3v) is 3.82. The molecule has 1 fully saturated rings. The van der Waals surface area contributed by atoms with E-state index in [1.54, 1.807) is 18.3 Å². The van der Waals surface area contributed by atoms with E-state index in [-0.39, 0.29) is 6.04 Å². The average molecular weight is 275 g/mol. The molecule has 0 unspecified atom stereocenters. The maximum atomic E-state index is 11.2. The summed E-state index contributed by atoms with van der Waals surface area (Å²) in [6, 6.07) is 5.59. The molecule has 1 aliphatic heterocycles. The Morgan fingerprint density at radius 3 is 2.85 bits per heavy atom. The lowest BCUT2D eigenvalue weighted by atomic mass is 10.0. The van der Waals surface area contributed by atoms with Gasteiger partial charge in [-0.1, -0.05) is 5.16 Å². The van der Waals surface area contributed by atoms with Gasteiger partial charge < -0.3 is 14.2 Å². The van der Waals surface area contributed by atoms with E-state index < -0.39 is 5.97 Å². The third-order valence-electron chi connectivity index (χ3n) is 3.82. The van der Waals surface area contributed by atoms with Gasteiger partial charge in [-0.3, -0.25) is 4.90 Å². The lowest BCUT2D eigenvalue weighted by Gasteiger charge is -2.32. The van der Waals surface area contributed by atoms with Gasteiger partial charge in [0.1, 0.15) is 5.69 Å². The highest BCUT2D eigenvalue weighted by atomic mass is 16.5. The van der Waals surface area contributed by atoms with Crippen molar-refractivity contribution >= 4 is 5.97 Å². The maximum absolute atomic E-state index is 11.2. The van der Waals surface area contributed by atoms with Gasteiger partial charge in [0.05, 0.1) is 12.7 Å². The summed E-state index contributed by atoms with van der Waals surface area (Å²) in [7, 11) is 0. The van der Waals surface area contributed by atoms with Crippen LogP contribution in [0.5, 0.6) is 0 Å². The molecule has 2 aromatic heterocycles. The minimum absolute atomic E-state index is 0.266. The molecule has 0 radical (unpaired) electrons. The van der Waals surface area contributed by atoms with Gasteiger partial charge in [0.15, 0.2) is 5.76 Å². The molecule has 20 heavy (non-hydrogen) atoms. The number of nitrogens with zero attached hydrogens (tertiary/aromatic N) is 3. The Kier molecular flexibility index (Phi) is 3.56. The molecule has 6 nitrogen and oxygen atoms in total. The van der Waals surface area contributed by atoms with Crippen LogP contribution in [0.15, 0.2) is 35.1 Å². The summed E-state index contributed by atoms with van der Waals surface area (Å²) in [6.07, 6.45) is 5.41. The molecule has 1 saturated heterocycles. The fourth-order valence-corrected chi connectivity index (χ4v) is 2.79. The van der Waals surface area contributed by atoms with Crippen molar-refractivity contribution in [1.82, 2.24) is 14.6 Å². The topological polar surface area (TPSA) is 71.5 Å². The first-order valence-corrected chi connectivity index (χ1v) is 6.76.